The Hall–Kier alpha value is -3.68. The molecular weight excluding hydrogens is 402 g/mol. The van der Waals surface area contributed by atoms with Crippen molar-refractivity contribution in [2.24, 2.45) is 16.5 Å². The van der Waals surface area contributed by atoms with Crippen molar-refractivity contribution in [3.05, 3.63) is 54.1 Å². The van der Waals surface area contributed by atoms with E-state index in [1.54, 1.807) is 13.3 Å². The number of nitrogens with one attached hydrogen (secondary N) is 1. The van der Waals surface area contributed by atoms with Gasteiger partial charge in [-0.1, -0.05) is 18.9 Å². The van der Waals surface area contributed by atoms with Gasteiger partial charge in [-0.05, 0) is 61.7 Å². The second kappa shape index (κ2) is 10.1. The molecule has 1 saturated carbocycles. The molecule has 0 amide bonds. The summed E-state index contributed by atoms with van der Waals surface area (Å²) in [6, 6.07) is 11.9. The number of guanidine groups is 1. The number of pyridine rings is 1. The molecule has 1 aliphatic rings. The summed E-state index contributed by atoms with van der Waals surface area (Å²) in [5.41, 5.74) is 13.0. The highest BCUT2D eigenvalue weighted by Gasteiger charge is 2.21. The van der Waals surface area contributed by atoms with Gasteiger partial charge in [-0.25, -0.2) is 9.97 Å². The Balaban J connectivity index is 1.67. The molecule has 8 heteroatoms. The zero-order valence-corrected chi connectivity index (χ0v) is 18.2. The number of rotatable bonds is 6. The minimum atomic E-state index is 0.117. The normalized spacial score (nSPS) is 18.9. The quantitative estimate of drug-likeness (QED) is 0.309. The molecule has 2 atom stereocenters. The molecule has 3 aromatic rings. The SMILES string of the molecule is COc1ccc2nc(C=Cc3ccccn3)nc(NC3CCCCC(N=C(N)N)C3)c2c1. The van der Waals surface area contributed by atoms with Crippen LogP contribution in [-0.4, -0.2) is 40.1 Å². The number of anilines is 1. The van der Waals surface area contributed by atoms with E-state index in [-0.39, 0.29) is 18.0 Å². The zero-order valence-electron chi connectivity index (χ0n) is 18.2. The zero-order chi connectivity index (χ0) is 22.3. The maximum Gasteiger partial charge on any atom is 0.186 e. The van der Waals surface area contributed by atoms with Crippen LogP contribution in [0.3, 0.4) is 0 Å². The monoisotopic (exact) mass is 431 g/mol. The van der Waals surface area contributed by atoms with Crippen molar-refractivity contribution in [2.45, 2.75) is 44.2 Å². The number of ether oxygens (including phenoxy) is 1. The molecule has 2 aromatic heterocycles. The molecule has 166 valence electrons. The summed E-state index contributed by atoms with van der Waals surface area (Å²) < 4.78 is 5.43. The third kappa shape index (κ3) is 5.51. The van der Waals surface area contributed by atoms with Gasteiger partial charge in [0.15, 0.2) is 11.8 Å². The largest absolute Gasteiger partial charge is 0.497 e. The van der Waals surface area contributed by atoms with Crippen LogP contribution in [0.4, 0.5) is 5.82 Å². The molecule has 1 fully saturated rings. The summed E-state index contributed by atoms with van der Waals surface area (Å²) in [4.78, 5) is 18.3. The van der Waals surface area contributed by atoms with E-state index >= 15 is 0 Å². The standard InChI is InChI=1S/C24H29N7O/c1-32-19-10-11-21-20(15-19)23(28-17-7-2-3-8-18(14-17)29-24(25)26)31-22(30-21)12-9-16-6-4-5-13-27-16/h4-6,9-13,15,17-18H,2-3,7-8,14H2,1H3,(H4,25,26,29)(H,28,30,31). The molecule has 32 heavy (non-hydrogen) atoms. The fourth-order valence-electron chi connectivity index (χ4n) is 4.06. The van der Waals surface area contributed by atoms with E-state index in [0.717, 1.165) is 60.3 Å². The Labute approximate surface area is 187 Å². The van der Waals surface area contributed by atoms with Crippen LogP contribution in [0, 0.1) is 0 Å². The summed E-state index contributed by atoms with van der Waals surface area (Å²) in [5.74, 6) is 2.31. The second-order valence-corrected chi connectivity index (χ2v) is 7.97. The van der Waals surface area contributed by atoms with E-state index in [4.69, 9.17) is 26.2 Å². The van der Waals surface area contributed by atoms with Gasteiger partial charge >= 0.3 is 0 Å². The molecule has 0 radical (unpaired) electrons. The van der Waals surface area contributed by atoms with Crippen LogP contribution in [0.5, 0.6) is 5.75 Å². The molecule has 8 nitrogen and oxygen atoms in total. The first-order valence-corrected chi connectivity index (χ1v) is 10.9. The minimum Gasteiger partial charge on any atom is -0.497 e. The maximum atomic E-state index is 5.64. The van der Waals surface area contributed by atoms with Crippen LogP contribution in [-0.2, 0) is 0 Å². The number of aliphatic imine (C=N–C) groups is 1. The van der Waals surface area contributed by atoms with Gasteiger partial charge in [-0.15, -0.1) is 0 Å². The van der Waals surface area contributed by atoms with E-state index in [9.17, 15) is 0 Å². The number of hydrogen-bond donors (Lipinski definition) is 3. The number of methoxy groups -OCH3 is 1. The van der Waals surface area contributed by atoms with Gasteiger partial charge in [0.05, 0.1) is 24.4 Å². The van der Waals surface area contributed by atoms with Gasteiger partial charge in [-0.2, -0.15) is 0 Å². The third-order valence-corrected chi connectivity index (χ3v) is 5.58. The fourth-order valence-corrected chi connectivity index (χ4v) is 4.06. The Morgan fingerprint density at radius 1 is 1.12 bits per heavy atom. The summed E-state index contributed by atoms with van der Waals surface area (Å²) >= 11 is 0. The number of benzene rings is 1. The Kier molecular flexibility index (Phi) is 6.79. The molecule has 0 aliphatic heterocycles. The lowest BCUT2D eigenvalue weighted by atomic mass is 10.1. The number of nitrogens with zero attached hydrogens (tertiary/aromatic N) is 4. The van der Waals surface area contributed by atoms with E-state index in [0.29, 0.717) is 5.82 Å². The van der Waals surface area contributed by atoms with Crippen LogP contribution in [0.1, 0.15) is 43.6 Å². The first-order valence-electron chi connectivity index (χ1n) is 10.9. The highest BCUT2D eigenvalue weighted by molar-refractivity contribution is 5.91. The van der Waals surface area contributed by atoms with E-state index in [2.05, 4.69) is 15.3 Å². The first-order chi connectivity index (χ1) is 15.6. The lowest BCUT2D eigenvalue weighted by molar-refractivity contribution is 0.415. The van der Waals surface area contributed by atoms with Crippen LogP contribution in [0.15, 0.2) is 47.6 Å². The van der Waals surface area contributed by atoms with Gasteiger partial charge in [0.2, 0.25) is 0 Å². The van der Waals surface area contributed by atoms with E-state index in [1.165, 1.54) is 0 Å². The van der Waals surface area contributed by atoms with Gasteiger partial charge in [0.1, 0.15) is 11.6 Å². The predicted octanol–water partition coefficient (Wildman–Crippen LogP) is 3.59. The maximum absolute atomic E-state index is 5.64. The molecule has 5 N–H and O–H groups in total. The number of hydrogen-bond acceptors (Lipinski definition) is 6. The lowest BCUT2D eigenvalue weighted by Crippen LogP contribution is -2.28. The highest BCUT2D eigenvalue weighted by Crippen LogP contribution is 2.29. The lowest BCUT2D eigenvalue weighted by Gasteiger charge is -2.21. The summed E-state index contributed by atoms with van der Waals surface area (Å²) in [7, 11) is 1.66. The second-order valence-electron chi connectivity index (χ2n) is 7.97. The Morgan fingerprint density at radius 3 is 2.78 bits per heavy atom. The molecule has 0 spiro atoms. The van der Waals surface area contributed by atoms with Crippen molar-refractivity contribution in [3.8, 4) is 5.75 Å². The molecule has 0 bridgehead atoms. The number of fused-ring (bicyclic) bond motifs is 1. The average molecular weight is 432 g/mol. The summed E-state index contributed by atoms with van der Waals surface area (Å²) in [5, 5.41) is 4.57. The van der Waals surface area contributed by atoms with Crippen LogP contribution < -0.4 is 21.5 Å². The molecule has 2 heterocycles. The fraction of sp³-hybridized carbons (Fsp3) is 0.333. The average Bonchev–Trinajstić information content (AvgIpc) is 3.02. The van der Waals surface area contributed by atoms with E-state index < -0.39 is 0 Å². The highest BCUT2D eigenvalue weighted by atomic mass is 16.5. The number of nitrogens with two attached hydrogens (primary N) is 2. The molecule has 1 aromatic carbocycles. The van der Waals surface area contributed by atoms with Gasteiger partial charge in [0.25, 0.3) is 0 Å². The number of aromatic nitrogens is 3. The van der Waals surface area contributed by atoms with E-state index in [1.807, 2.05) is 48.6 Å². The first kappa shape index (κ1) is 21.5. The topological polar surface area (TPSA) is 124 Å². The van der Waals surface area contributed by atoms with Crippen molar-refractivity contribution in [1.82, 2.24) is 15.0 Å². The van der Waals surface area contributed by atoms with Crippen molar-refractivity contribution < 1.29 is 4.74 Å². The van der Waals surface area contributed by atoms with Crippen molar-refractivity contribution in [3.63, 3.8) is 0 Å². The molecule has 1 aliphatic carbocycles. The van der Waals surface area contributed by atoms with Crippen molar-refractivity contribution in [1.29, 1.82) is 0 Å². The third-order valence-electron chi connectivity index (χ3n) is 5.58. The summed E-state index contributed by atoms with van der Waals surface area (Å²) in [6.07, 6.45) is 10.7. The van der Waals surface area contributed by atoms with Crippen LogP contribution in [0.25, 0.3) is 23.1 Å². The Morgan fingerprint density at radius 2 is 2.00 bits per heavy atom. The van der Waals surface area contributed by atoms with Crippen molar-refractivity contribution >= 4 is 34.8 Å². The van der Waals surface area contributed by atoms with Crippen LogP contribution >= 0.6 is 0 Å². The smallest absolute Gasteiger partial charge is 0.186 e. The van der Waals surface area contributed by atoms with Gasteiger partial charge in [0, 0.05) is 17.6 Å². The molecule has 2 unspecified atom stereocenters. The molecular formula is C24H29N7O. The van der Waals surface area contributed by atoms with Crippen LogP contribution in [0.2, 0.25) is 0 Å². The Bertz CT molecular complexity index is 1110. The minimum absolute atomic E-state index is 0.117. The molecule has 0 saturated heterocycles. The van der Waals surface area contributed by atoms with Crippen molar-refractivity contribution in [2.75, 3.05) is 12.4 Å². The predicted molar refractivity (Wildman–Crippen MR) is 129 cm³/mol. The van der Waals surface area contributed by atoms with Gasteiger partial charge < -0.3 is 21.5 Å². The molecule has 4 rings (SSSR count). The van der Waals surface area contributed by atoms with Gasteiger partial charge in [-0.3, -0.25) is 9.98 Å². The summed E-state index contributed by atoms with van der Waals surface area (Å²) in [6.45, 7) is 0.